The molecular formula is C18H14N2O3. The number of carbonyl (C=O) groups excluding carboxylic acids is 1. The van der Waals surface area contributed by atoms with Gasteiger partial charge in [-0.1, -0.05) is 12.1 Å². The molecule has 2 aliphatic rings. The minimum Gasteiger partial charge on any atom is -0.508 e. The monoisotopic (exact) mass is 306 g/mol. The van der Waals surface area contributed by atoms with Crippen molar-refractivity contribution in [3.8, 4) is 11.5 Å². The van der Waals surface area contributed by atoms with Gasteiger partial charge in [0.1, 0.15) is 11.5 Å². The maximum absolute atomic E-state index is 12.7. The van der Waals surface area contributed by atoms with Gasteiger partial charge in [0.05, 0.1) is 11.3 Å². The minimum absolute atomic E-state index is 0.00371. The zero-order valence-electron chi connectivity index (χ0n) is 12.2. The molecule has 1 unspecified atom stereocenters. The van der Waals surface area contributed by atoms with Crippen molar-refractivity contribution in [3.63, 3.8) is 0 Å². The molecule has 0 bridgehead atoms. The Kier molecular flexibility index (Phi) is 2.34. The van der Waals surface area contributed by atoms with Gasteiger partial charge in [-0.25, -0.2) is 0 Å². The second kappa shape index (κ2) is 4.29. The molecule has 2 aliphatic heterocycles. The Morgan fingerprint density at radius 1 is 1.22 bits per heavy atom. The van der Waals surface area contributed by atoms with Crippen LogP contribution < -0.4 is 4.74 Å². The lowest BCUT2D eigenvalue weighted by atomic mass is 9.99. The topological polar surface area (TPSA) is 65.6 Å². The van der Waals surface area contributed by atoms with Crippen LogP contribution in [0.25, 0.3) is 10.9 Å². The number of aromatic nitrogens is 1. The molecule has 1 aromatic heterocycles. The van der Waals surface area contributed by atoms with E-state index in [1.54, 1.807) is 23.1 Å². The first-order valence-electron chi connectivity index (χ1n) is 7.62. The Morgan fingerprint density at radius 3 is 3.00 bits per heavy atom. The van der Waals surface area contributed by atoms with E-state index in [-0.39, 0.29) is 11.7 Å². The molecule has 114 valence electrons. The number of aromatic hydroxyl groups is 1. The standard InChI is InChI=1S/C18H14N2O3/c21-10-5-6-14-13(9-10)11-7-8-20-17(22)12-3-1-2-4-15(12)23-18(20)16(11)19-14/h1-6,9,18-19,21H,7-8H2. The molecule has 2 N–H and O–H groups in total. The predicted molar refractivity (Wildman–Crippen MR) is 84.5 cm³/mol. The van der Waals surface area contributed by atoms with E-state index in [0.717, 1.165) is 28.6 Å². The molecule has 0 fully saturated rings. The van der Waals surface area contributed by atoms with Crippen LogP contribution in [-0.2, 0) is 6.42 Å². The smallest absolute Gasteiger partial charge is 0.260 e. The Labute approximate surface area is 132 Å². The fourth-order valence-corrected chi connectivity index (χ4v) is 3.59. The molecule has 2 aromatic carbocycles. The fraction of sp³-hybridized carbons (Fsp3) is 0.167. The summed E-state index contributed by atoms with van der Waals surface area (Å²) in [4.78, 5) is 17.8. The SMILES string of the molecule is O=C1c2ccccc2OC2c3[nH]c4ccc(O)cc4c3CCN12. The maximum Gasteiger partial charge on any atom is 0.260 e. The molecule has 3 aromatic rings. The molecule has 3 heterocycles. The highest BCUT2D eigenvalue weighted by Gasteiger charge is 2.39. The van der Waals surface area contributed by atoms with E-state index in [4.69, 9.17) is 4.74 Å². The number of amides is 1. The zero-order valence-corrected chi connectivity index (χ0v) is 12.2. The largest absolute Gasteiger partial charge is 0.508 e. The van der Waals surface area contributed by atoms with E-state index in [0.29, 0.717) is 17.9 Å². The first-order valence-corrected chi connectivity index (χ1v) is 7.62. The van der Waals surface area contributed by atoms with Gasteiger partial charge in [0, 0.05) is 17.4 Å². The first-order chi connectivity index (χ1) is 11.2. The maximum atomic E-state index is 12.7. The van der Waals surface area contributed by atoms with Crippen LogP contribution in [0.3, 0.4) is 0 Å². The third-order valence-corrected chi connectivity index (χ3v) is 4.67. The Balaban J connectivity index is 1.70. The number of aromatic amines is 1. The number of phenolic OH excluding ortho intramolecular Hbond substituents is 1. The lowest BCUT2D eigenvalue weighted by Crippen LogP contribution is -2.45. The van der Waals surface area contributed by atoms with Crippen molar-refractivity contribution in [2.45, 2.75) is 12.6 Å². The van der Waals surface area contributed by atoms with Gasteiger partial charge in [-0.05, 0) is 42.3 Å². The Bertz CT molecular complexity index is 960. The van der Waals surface area contributed by atoms with Crippen LogP contribution >= 0.6 is 0 Å². The quantitative estimate of drug-likeness (QED) is 0.671. The minimum atomic E-state index is -0.435. The van der Waals surface area contributed by atoms with Crippen LogP contribution in [0.2, 0.25) is 0 Å². The third-order valence-electron chi connectivity index (χ3n) is 4.67. The summed E-state index contributed by atoms with van der Waals surface area (Å²) in [5.74, 6) is 0.866. The summed E-state index contributed by atoms with van der Waals surface area (Å²) in [7, 11) is 0. The molecule has 0 radical (unpaired) electrons. The highest BCUT2D eigenvalue weighted by molar-refractivity contribution is 5.98. The molecule has 0 saturated carbocycles. The molecule has 23 heavy (non-hydrogen) atoms. The van der Waals surface area contributed by atoms with Gasteiger partial charge in [-0.2, -0.15) is 0 Å². The van der Waals surface area contributed by atoms with Crippen molar-refractivity contribution in [3.05, 3.63) is 59.3 Å². The summed E-state index contributed by atoms with van der Waals surface area (Å²) in [6, 6.07) is 12.6. The molecule has 5 nitrogen and oxygen atoms in total. The second-order valence-corrected chi connectivity index (χ2v) is 5.96. The van der Waals surface area contributed by atoms with E-state index >= 15 is 0 Å². The summed E-state index contributed by atoms with van der Waals surface area (Å²) >= 11 is 0. The average Bonchev–Trinajstić information content (AvgIpc) is 2.93. The number of benzene rings is 2. The van der Waals surface area contributed by atoms with Gasteiger partial charge in [0.25, 0.3) is 5.91 Å². The Hall–Kier alpha value is -2.95. The molecule has 0 spiro atoms. The van der Waals surface area contributed by atoms with E-state index < -0.39 is 6.23 Å². The molecule has 5 rings (SSSR count). The zero-order chi connectivity index (χ0) is 15.6. The van der Waals surface area contributed by atoms with E-state index in [9.17, 15) is 9.90 Å². The van der Waals surface area contributed by atoms with Crippen LogP contribution in [0.15, 0.2) is 42.5 Å². The number of H-pyrrole nitrogens is 1. The number of fused-ring (bicyclic) bond motifs is 6. The van der Waals surface area contributed by atoms with Crippen LogP contribution in [-0.4, -0.2) is 27.4 Å². The number of hydrogen-bond donors (Lipinski definition) is 2. The van der Waals surface area contributed by atoms with Gasteiger partial charge in [0.2, 0.25) is 6.23 Å². The van der Waals surface area contributed by atoms with Gasteiger partial charge in [0.15, 0.2) is 0 Å². The van der Waals surface area contributed by atoms with Crippen molar-refractivity contribution in [2.75, 3.05) is 6.54 Å². The summed E-state index contributed by atoms with van der Waals surface area (Å²) in [5, 5.41) is 10.7. The number of rotatable bonds is 0. The summed E-state index contributed by atoms with van der Waals surface area (Å²) in [6.45, 7) is 0.605. The molecule has 1 atom stereocenters. The number of phenols is 1. The van der Waals surface area contributed by atoms with Crippen LogP contribution in [0.4, 0.5) is 0 Å². The van der Waals surface area contributed by atoms with Crippen molar-refractivity contribution in [1.82, 2.24) is 9.88 Å². The normalized spacial score (nSPS) is 19.0. The highest BCUT2D eigenvalue weighted by atomic mass is 16.5. The number of ether oxygens (including phenoxy) is 1. The van der Waals surface area contributed by atoms with Crippen LogP contribution in [0, 0.1) is 0 Å². The van der Waals surface area contributed by atoms with Gasteiger partial charge >= 0.3 is 0 Å². The van der Waals surface area contributed by atoms with Gasteiger partial charge < -0.3 is 14.8 Å². The molecular weight excluding hydrogens is 292 g/mol. The predicted octanol–water partition coefficient (Wildman–Crippen LogP) is 2.96. The molecule has 0 saturated heterocycles. The van der Waals surface area contributed by atoms with E-state index in [1.165, 1.54) is 0 Å². The molecule has 1 amide bonds. The third kappa shape index (κ3) is 1.64. The molecule has 0 aliphatic carbocycles. The van der Waals surface area contributed by atoms with Crippen molar-refractivity contribution in [2.24, 2.45) is 0 Å². The van der Waals surface area contributed by atoms with E-state index in [1.807, 2.05) is 24.3 Å². The number of carbonyl (C=O) groups is 1. The van der Waals surface area contributed by atoms with E-state index in [2.05, 4.69) is 4.98 Å². The van der Waals surface area contributed by atoms with Crippen LogP contribution in [0.1, 0.15) is 27.8 Å². The van der Waals surface area contributed by atoms with Crippen molar-refractivity contribution < 1.29 is 14.6 Å². The second-order valence-electron chi connectivity index (χ2n) is 5.96. The number of hydrogen-bond acceptors (Lipinski definition) is 3. The Morgan fingerprint density at radius 2 is 2.09 bits per heavy atom. The number of nitrogens with one attached hydrogen (secondary N) is 1. The number of para-hydroxylation sites is 1. The lowest BCUT2D eigenvalue weighted by Gasteiger charge is -2.39. The lowest BCUT2D eigenvalue weighted by molar-refractivity contribution is 0.00203. The highest BCUT2D eigenvalue weighted by Crippen LogP contribution is 2.41. The van der Waals surface area contributed by atoms with Crippen molar-refractivity contribution >= 4 is 16.8 Å². The first kappa shape index (κ1) is 12.6. The summed E-state index contributed by atoms with van der Waals surface area (Å²) in [5.41, 5.74) is 3.58. The summed E-state index contributed by atoms with van der Waals surface area (Å²) in [6.07, 6.45) is 0.308. The fourth-order valence-electron chi connectivity index (χ4n) is 3.59. The van der Waals surface area contributed by atoms with Crippen molar-refractivity contribution in [1.29, 1.82) is 0 Å². The van der Waals surface area contributed by atoms with Crippen LogP contribution in [0.5, 0.6) is 11.5 Å². The number of nitrogens with zero attached hydrogens (tertiary/aromatic N) is 1. The summed E-state index contributed by atoms with van der Waals surface area (Å²) < 4.78 is 6.10. The molecule has 5 heteroatoms. The average molecular weight is 306 g/mol. The van der Waals surface area contributed by atoms with Gasteiger partial charge in [-0.3, -0.25) is 9.69 Å². The van der Waals surface area contributed by atoms with Gasteiger partial charge in [-0.15, -0.1) is 0 Å².